The Morgan fingerprint density at radius 1 is 1.05 bits per heavy atom. The Bertz CT molecular complexity index is 819. The van der Waals surface area contributed by atoms with Crippen LogP contribution in [0.5, 0.6) is 11.5 Å². The number of benzene rings is 2. The van der Waals surface area contributed by atoms with E-state index in [0.717, 1.165) is 5.56 Å². The highest BCUT2D eigenvalue weighted by molar-refractivity contribution is 5.84. The molecule has 0 spiro atoms. The number of halogens is 1. The average molecular weight is 270 g/mol. The highest BCUT2D eigenvalue weighted by Gasteiger charge is 2.08. The third kappa shape index (κ3) is 2.40. The van der Waals surface area contributed by atoms with Gasteiger partial charge in [0.25, 0.3) is 0 Å². The molecule has 0 amide bonds. The highest BCUT2D eigenvalue weighted by Crippen LogP contribution is 2.29. The van der Waals surface area contributed by atoms with Crippen LogP contribution in [0.25, 0.3) is 11.0 Å². The van der Waals surface area contributed by atoms with Crippen molar-refractivity contribution < 1.29 is 13.5 Å². The van der Waals surface area contributed by atoms with Gasteiger partial charge in [0, 0.05) is 0 Å². The normalized spacial score (nSPS) is 10.7. The molecule has 1 heterocycles. The predicted octanol–water partition coefficient (Wildman–Crippen LogP) is 4.03. The number of aryl methyl sites for hydroxylation is 1. The second-order valence-electron chi connectivity index (χ2n) is 4.49. The largest absolute Gasteiger partial charge is 0.456 e. The number of ether oxygens (including phenoxy) is 1. The Hall–Kier alpha value is -2.62. The summed E-state index contributed by atoms with van der Waals surface area (Å²) in [5.41, 5.74) is 0.994. The van der Waals surface area contributed by atoms with Crippen molar-refractivity contribution in [1.29, 1.82) is 0 Å². The lowest BCUT2D eigenvalue weighted by Crippen LogP contribution is -1.98. The minimum absolute atomic E-state index is 0.342. The van der Waals surface area contributed by atoms with E-state index in [1.165, 1.54) is 30.3 Å². The van der Waals surface area contributed by atoms with Gasteiger partial charge in [-0.25, -0.2) is 9.18 Å². The van der Waals surface area contributed by atoms with Gasteiger partial charge in [-0.15, -0.1) is 0 Å². The van der Waals surface area contributed by atoms with Gasteiger partial charge >= 0.3 is 5.63 Å². The quantitative estimate of drug-likeness (QED) is 0.660. The van der Waals surface area contributed by atoms with Gasteiger partial charge in [0.05, 0.1) is 11.5 Å². The van der Waals surface area contributed by atoms with E-state index in [4.69, 9.17) is 9.15 Å². The molecule has 1 aromatic heterocycles. The lowest BCUT2D eigenvalue weighted by atomic mass is 10.1. The summed E-state index contributed by atoms with van der Waals surface area (Å²) in [4.78, 5) is 11.5. The molecule has 0 saturated carbocycles. The Morgan fingerprint density at radius 2 is 1.80 bits per heavy atom. The first-order valence-electron chi connectivity index (χ1n) is 6.10. The fraction of sp³-hybridized carbons (Fsp3) is 0.0625. The zero-order chi connectivity index (χ0) is 14.1. The van der Waals surface area contributed by atoms with Crippen molar-refractivity contribution in [2.45, 2.75) is 6.92 Å². The van der Waals surface area contributed by atoms with Crippen molar-refractivity contribution >= 4 is 11.0 Å². The number of fused-ring (bicyclic) bond motifs is 1. The summed E-state index contributed by atoms with van der Waals surface area (Å²) < 4.78 is 23.6. The molecule has 0 aliphatic rings. The summed E-state index contributed by atoms with van der Waals surface area (Å²) in [6, 6.07) is 12.3. The Kier molecular flexibility index (Phi) is 2.99. The highest BCUT2D eigenvalue weighted by atomic mass is 19.1. The molecule has 0 saturated heterocycles. The summed E-state index contributed by atoms with van der Waals surface area (Å²) in [6.07, 6.45) is 0. The monoisotopic (exact) mass is 270 g/mol. The van der Waals surface area contributed by atoms with Crippen molar-refractivity contribution in [3.63, 3.8) is 0 Å². The van der Waals surface area contributed by atoms with E-state index in [1.807, 2.05) is 19.1 Å². The molecule has 0 N–H and O–H groups in total. The zero-order valence-corrected chi connectivity index (χ0v) is 10.7. The predicted molar refractivity (Wildman–Crippen MR) is 73.7 cm³/mol. The van der Waals surface area contributed by atoms with Crippen LogP contribution in [0, 0.1) is 12.7 Å². The molecule has 0 radical (unpaired) electrons. The summed E-state index contributed by atoms with van der Waals surface area (Å²) >= 11 is 0. The number of rotatable bonds is 2. The van der Waals surface area contributed by atoms with Crippen molar-refractivity contribution in [1.82, 2.24) is 0 Å². The molecular formula is C16H11FO3. The van der Waals surface area contributed by atoms with Crippen LogP contribution in [0.2, 0.25) is 0 Å². The first-order chi connectivity index (χ1) is 9.61. The molecular weight excluding hydrogens is 259 g/mol. The maximum Gasteiger partial charge on any atom is 0.339 e. The van der Waals surface area contributed by atoms with E-state index in [-0.39, 0.29) is 5.82 Å². The molecule has 0 bridgehead atoms. The van der Waals surface area contributed by atoms with Crippen LogP contribution in [0.3, 0.4) is 0 Å². The van der Waals surface area contributed by atoms with E-state index < -0.39 is 5.63 Å². The van der Waals surface area contributed by atoms with Gasteiger partial charge in [-0.1, -0.05) is 11.6 Å². The molecule has 2 aromatic carbocycles. The van der Waals surface area contributed by atoms with Gasteiger partial charge in [-0.2, -0.15) is 0 Å². The fourth-order valence-corrected chi connectivity index (χ4v) is 1.96. The van der Waals surface area contributed by atoms with E-state index in [9.17, 15) is 9.18 Å². The Labute approximate surface area is 114 Å². The Morgan fingerprint density at radius 3 is 2.55 bits per heavy atom. The maximum absolute atomic E-state index is 12.9. The van der Waals surface area contributed by atoms with E-state index in [0.29, 0.717) is 22.5 Å². The van der Waals surface area contributed by atoms with Crippen LogP contribution in [0.15, 0.2) is 57.7 Å². The summed E-state index contributed by atoms with van der Waals surface area (Å²) in [5.74, 6) is 0.511. The molecule has 0 fully saturated rings. The van der Waals surface area contributed by atoms with Crippen LogP contribution < -0.4 is 10.4 Å². The maximum atomic E-state index is 12.9. The second kappa shape index (κ2) is 4.81. The Balaban J connectivity index is 2.12. The molecule has 0 atom stereocenters. The SMILES string of the molecule is Cc1ccc2oc(=O)cc(Oc3ccc(F)cc3)c2c1. The molecule has 3 nitrogen and oxygen atoms in total. The molecule has 4 heteroatoms. The van der Waals surface area contributed by atoms with Gasteiger partial charge in [-0.05, 0) is 43.3 Å². The van der Waals surface area contributed by atoms with Gasteiger partial charge < -0.3 is 9.15 Å². The summed E-state index contributed by atoms with van der Waals surface area (Å²) in [6.45, 7) is 1.94. The van der Waals surface area contributed by atoms with Crippen LogP contribution in [-0.2, 0) is 0 Å². The smallest absolute Gasteiger partial charge is 0.339 e. The van der Waals surface area contributed by atoms with Gasteiger partial charge in [0.15, 0.2) is 0 Å². The average Bonchev–Trinajstić information content (AvgIpc) is 2.42. The first-order valence-corrected chi connectivity index (χ1v) is 6.10. The van der Waals surface area contributed by atoms with Crippen molar-refractivity contribution in [3.05, 3.63) is 70.3 Å². The van der Waals surface area contributed by atoms with E-state index in [1.54, 1.807) is 6.07 Å². The molecule has 20 heavy (non-hydrogen) atoms. The van der Waals surface area contributed by atoms with Crippen molar-refractivity contribution in [3.8, 4) is 11.5 Å². The van der Waals surface area contributed by atoms with Crippen molar-refractivity contribution in [2.24, 2.45) is 0 Å². The first kappa shape index (κ1) is 12.4. The van der Waals surface area contributed by atoms with E-state index in [2.05, 4.69) is 0 Å². The van der Waals surface area contributed by atoms with Gasteiger partial charge in [0.2, 0.25) is 0 Å². The number of hydrogen-bond donors (Lipinski definition) is 0. The lowest BCUT2D eigenvalue weighted by Gasteiger charge is -2.08. The minimum atomic E-state index is -0.488. The standard InChI is InChI=1S/C16H11FO3/c1-10-2-7-14-13(8-10)15(9-16(18)20-14)19-12-5-3-11(17)4-6-12/h2-9H,1H3. The molecule has 3 aromatic rings. The summed E-state index contributed by atoms with van der Waals surface area (Å²) in [5, 5.41) is 0.703. The van der Waals surface area contributed by atoms with E-state index >= 15 is 0 Å². The lowest BCUT2D eigenvalue weighted by molar-refractivity contribution is 0.473. The third-order valence-corrected chi connectivity index (χ3v) is 2.90. The van der Waals surface area contributed by atoms with Gasteiger partial charge in [0.1, 0.15) is 22.9 Å². The molecule has 0 aliphatic heterocycles. The minimum Gasteiger partial charge on any atom is -0.456 e. The number of hydrogen-bond acceptors (Lipinski definition) is 3. The van der Waals surface area contributed by atoms with Gasteiger partial charge in [-0.3, -0.25) is 0 Å². The second-order valence-corrected chi connectivity index (χ2v) is 4.49. The fourth-order valence-electron chi connectivity index (χ4n) is 1.96. The van der Waals surface area contributed by atoms with Crippen LogP contribution in [0.1, 0.15) is 5.56 Å². The molecule has 3 rings (SSSR count). The molecule has 0 aliphatic carbocycles. The zero-order valence-electron chi connectivity index (χ0n) is 10.7. The molecule has 0 unspecified atom stereocenters. The molecule has 100 valence electrons. The van der Waals surface area contributed by atoms with Crippen molar-refractivity contribution in [2.75, 3.05) is 0 Å². The van der Waals surface area contributed by atoms with Crippen LogP contribution in [-0.4, -0.2) is 0 Å². The topological polar surface area (TPSA) is 39.4 Å². The van der Waals surface area contributed by atoms with Crippen LogP contribution >= 0.6 is 0 Å². The third-order valence-electron chi connectivity index (χ3n) is 2.90. The summed E-state index contributed by atoms with van der Waals surface area (Å²) in [7, 11) is 0. The van der Waals surface area contributed by atoms with Crippen LogP contribution in [0.4, 0.5) is 4.39 Å².